The largest absolute Gasteiger partial charge is 0.369 e. The maximum atomic E-state index is 6.23. The number of rotatable bonds is 3. The number of hydrogen-bond acceptors (Lipinski definition) is 3. The molecule has 5 heteroatoms. The standard InChI is InChI=1S/C20H29ClN3O/c21-17-8-6-7-16(15-17)19-20(22-12-14-25-19)11-13-24(20)23-18-9-4-2-1-3-5-10-18/h6-8,15,18-19,23H,1-5,9-14H2. The van der Waals surface area contributed by atoms with Crippen molar-refractivity contribution in [2.75, 3.05) is 19.7 Å². The van der Waals surface area contributed by atoms with Gasteiger partial charge in [-0.1, -0.05) is 55.8 Å². The van der Waals surface area contributed by atoms with E-state index >= 15 is 0 Å². The zero-order valence-electron chi connectivity index (χ0n) is 14.9. The monoisotopic (exact) mass is 362 g/mol. The van der Waals surface area contributed by atoms with Gasteiger partial charge in [-0.3, -0.25) is 5.43 Å². The van der Waals surface area contributed by atoms with Gasteiger partial charge < -0.3 is 4.74 Å². The van der Waals surface area contributed by atoms with Gasteiger partial charge in [0.15, 0.2) is 0 Å². The third-order valence-electron chi connectivity index (χ3n) is 5.95. The Hall–Kier alpha value is -0.650. The molecule has 0 aromatic heterocycles. The summed E-state index contributed by atoms with van der Waals surface area (Å²) in [7, 11) is 0. The summed E-state index contributed by atoms with van der Waals surface area (Å²) in [5.74, 6) is 0. The van der Waals surface area contributed by atoms with Gasteiger partial charge in [-0.2, -0.15) is 0 Å². The van der Waals surface area contributed by atoms with Crippen LogP contribution in [0.25, 0.3) is 0 Å². The van der Waals surface area contributed by atoms with Crippen LogP contribution in [-0.4, -0.2) is 36.4 Å². The smallest absolute Gasteiger partial charge is 0.132 e. The number of benzene rings is 1. The summed E-state index contributed by atoms with van der Waals surface area (Å²) in [5, 5.41) is 8.17. The second kappa shape index (κ2) is 7.93. The molecule has 2 saturated heterocycles. The van der Waals surface area contributed by atoms with Crippen LogP contribution in [0.15, 0.2) is 24.3 Å². The van der Waals surface area contributed by atoms with E-state index in [0.717, 1.165) is 30.1 Å². The topological polar surface area (TPSA) is 38.6 Å². The molecule has 137 valence electrons. The molecule has 1 N–H and O–H groups in total. The minimum absolute atomic E-state index is 0.0326. The molecule has 1 aromatic carbocycles. The van der Waals surface area contributed by atoms with E-state index in [2.05, 4.69) is 16.5 Å². The lowest BCUT2D eigenvalue weighted by Gasteiger charge is -2.58. The van der Waals surface area contributed by atoms with Crippen LogP contribution < -0.4 is 10.7 Å². The maximum Gasteiger partial charge on any atom is 0.132 e. The van der Waals surface area contributed by atoms with Gasteiger partial charge in [-0.15, -0.1) is 0 Å². The SMILES string of the molecule is Clc1cccc(C2OCC[N]C23CCN3NC2CCCCCCC2)c1. The van der Waals surface area contributed by atoms with Crippen LogP contribution in [0.2, 0.25) is 5.02 Å². The number of halogens is 1. The summed E-state index contributed by atoms with van der Waals surface area (Å²) >= 11 is 6.23. The molecule has 0 amide bonds. The van der Waals surface area contributed by atoms with Crippen molar-refractivity contribution in [1.29, 1.82) is 0 Å². The molecular formula is C20H29ClN3O. The summed E-state index contributed by atoms with van der Waals surface area (Å²) in [6.07, 6.45) is 10.4. The Morgan fingerprint density at radius 3 is 2.68 bits per heavy atom. The molecule has 0 bridgehead atoms. The zero-order chi connectivity index (χ0) is 17.1. The van der Waals surface area contributed by atoms with Crippen LogP contribution in [0.3, 0.4) is 0 Å². The maximum absolute atomic E-state index is 6.23. The van der Waals surface area contributed by atoms with Crippen LogP contribution in [0.1, 0.15) is 63.0 Å². The molecule has 3 aliphatic rings. The fraction of sp³-hybridized carbons (Fsp3) is 0.700. The van der Waals surface area contributed by atoms with Gasteiger partial charge in [0.2, 0.25) is 0 Å². The fourth-order valence-corrected chi connectivity index (χ4v) is 4.73. The quantitative estimate of drug-likeness (QED) is 0.882. The molecule has 1 aromatic rings. The summed E-state index contributed by atoms with van der Waals surface area (Å²) in [5.41, 5.74) is 4.70. The van der Waals surface area contributed by atoms with Crippen LogP contribution in [0.5, 0.6) is 0 Å². The van der Waals surface area contributed by atoms with E-state index < -0.39 is 0 Å². The minimum atomic E-state index is -0.259. The first-order chi connectivity index (χ1) is 12.3. The third-order valence-corrected chi connectivity index (χ3v) is 6.18. The van der Waals surface area contributed by atoms with Gasteiger partial charge >= 0.3 is 0 Å². The van der Waals surface area contributed by atoms with Gasteiger partial charge in [-0.05, 0) is 37.0 Å². The Morgan fingerprint density at radius 1 is 1.16 bits per heavy atom. The molecule has 2 unspecified atom stereocenters. The zero-order valence-corrected chi connectivity index (χ0v) is 15.7. The average Bonchev–Trinajstić information content (AvgIpc) is 2.60. The molecule has 2 heterocycles. The number of ether oxygens (including phenoxy) is 1. The Morgan fingerprint density at radius 2 is 1.96 bits per heavy atom. The number of hydrazine groups is 1. The van der Waals surface area contributed by atoms with E-state index in [9.17, 15) is 0 Å². The molecule has 1 spiro atoms. The highest BCUT2D eigenvalue weighted by Gasteiger charge is 2.54. The summed E-state index contributed by atoms with van der Waals surface area (Å²) in [6.45, 7) is 2.51. The normalized spacial score (nSPS) is 32.1. The van der Waals surface area contributed by atoms with E-state index in [1.807, 2.05) is 18.2 Å². The predicted octanol–water partition coefficient (Wildman–Crippen LogP) is 4.04. The van der Waals surface area contributed by atoms with Crippen LogP contribution >= 0.6 is 11.6 Å². The van der Waals surface area contributed by atoms with E-state index in [1.165, 1.54) is 44.9 Å². The third kappa shape index (κ3) is 3.74. The van der Waals surface area contributed by atoms with E-state index in [0.29, 0.717) is 12.6 Å². The molecular weight excluding hydrogens is 334 g/mol. The van der Waals surface area contributed by atoms with Crippen molar-refractivity contribution >= 4 is 11.6 Å². The Balaban J connectivity index is 1.49. The van der Waals surface area contributed by atoms with Gasteiger partial charge in [0.05, 0.1) is 6.61 Å². The second-order valence-electron chi connectivity index (χ2n) is 7.64. The van der Waals surface area contributed by atoms with E-state index in [-0.39, 0.29) is 11.8 Å². The highest BCUT2D eigenvalue weighted by Crippen LogP contribution is 2.44. The summed E-state index contributed by atoms with van der Waals surface area (Å²) < 4.78 is 6.21. The Kier molecular flexibility index (Phi) is 5.63. The van der Waals surface area contributed by atoms with Gasteiger partial charge in [-0.25, -0.2) is 10.3 Å². The average molecular weight is 363 g/mol. The van der Waals surface area contributed by atoms with Crippen molar-refractivity contribution < 1.29 is 4.74 Å². The summed E-state index contributed by atoms with van der Waals surface area (Å²) in [4.78, 5) is 0. The molecule has 1 radical (unpaired) electrons. The molecule has 2 atom stereocenters. The van der Waals surface area contributed by atoms with Crippen molar-refractivity contribution in [2.45, 2.75) is 69.2 Å². The van der Waals surface area contributed by atoms with E-state index in [1.54, 1.807) is 0 Å². The minimum Gasteiger partial charge on any atom is -0.369 e. The first kappa shape index (κ1) is 17.7. The van der Waals surface area contributed by atoms with Gasteiger partial charge in [0.1, 0.15) is 11.8 Å². The van der Waals surface area contributed by atoms with Crippen LogP contribution in [0, 0.1) is 0 Å². The van der Waals surface area contributed by atoms with Gasteiger partial charge in [0.25, 0.3) is 0 Å². The Labute approximate surface area is 156 Å². The van der Waals surface area contributed by atoms with Gasteiger partial charge in [0, 0.05) is 24.2 Å². The molecule has 25 heavy (non-hydrogen) atoms. The lowest BCUT2D eigenvalue weighted by Crippen LogP contribution is -2.75. The highest BCUT2D eigenvalue weighted by atomic mass is 35.5. The number of morpholine rings is 1. The lowest BCUT2D eigenvalue weighted by molar-refractivity contribution is -0.203. The molecule has 4 nitrogen and oxygen atoms in total. The van der Waals surface area contributed by atoms with Crippen molar-refractivity contribution in [3.05, 3.63) is 34.9 Å². The fourth-order valence-electron chi connectivity index (χ4n) is 4.53. The first-order valence-electron chi connectivity index (χ1n) is 9.87. The predicted molar refractivity (Wildman–Crippen MR) is 100 cm³/mol. The molecule has 2 aliphatic heterocycles. The highest BCUT2D eigenvalue weighted by molar-refractivity contribution is 6.30. The first-order valence-corrected chi connectivity index (χ1v) is 10.3. The van der Waals surface area contributed by atoms with Crippen molar-refractivity contribution in [3.63, 3.8) is 0 Å². The number of nitrogens with zero attached hydrogens (tertiary/aromatic N) is 2. The molecule has 3 fully saturated rings. The molecule has 1 aliphatic carbocycles. The van der Waals surface area contributed by atoms with Crippen LogP contribution in [0.4, 0.5) is 0 Å². The van der Waals surface area contributed by atoms with Crippen molar-refractivity contribution in [1.82, 2.24) is 15.8 Å². The second-order valence-corrected chi connectivity index (χ2v) is 8.08. The Bertz CT molecular complexity index is 576. The van der Waals surface area contributed by atoms with Crippen molar-refractivity contribution in [3.8, 4) is 0 Å². The lowest BCUT2D eigenvalue weighted by atomic mass is 9.84. The van der Waals surface area contributed by atoms with Crippen molar-refractivity contribution in [2.24, 2.45) is 0 Å². The van der Waals surface area contributed by atoms with Crippen LogP contribution in [-0.2, 0) is 4.74 Å². The molecule has 1 saturated carbocycles. The number of hydrogen-bond donors (Lipinski definition) is 1. The summed E-state index contributed by atoms with van der Waals surface area (Å²) in [6, 6.07) is 8.65. The molecule has 4 rings (SSSR count). The van der Waals surface area contributed by atoms with E-state index in [4.69, 9.17) is 21.7 Å². The number of nitrogens with one attached hydrogen (secondary N) is 1.